The summed E-state index contributed by atoms with van der Waals surface area (Å²) in [5.74, 6) is -0.813. The first kappa shape index (κ1) is 20.0. The van der Waals surface area contributed by atoms with Crippen LogP contribution in [0.25, 0.3) is 0 Å². The summed E-state index contributed by atoms with van der Waals surface area (Å²) in [5.41, 5.74) is 7.19. The number of benzene rings is 2. The minimum atomic E-state index is -0.406. The average molecular weight is 372 g/mol. The Bertz CT molecular complexity index is 882. The van der Waals surface area contributed by atoms with E-state index in [1.165, 1.54) is 12.4 Å². The summed E-state index contributed by atoms with van der Waals surface area (Å²) >= 11 is 0. The topological polar surface area (TPSA) is 130 Å². The zero-order valence-electron chi connectivity index (χ0n) is 14.8. The molecular formula is C20H16N6O2. The van der Waals surface area contributed by atoms with Crippen LogP contribution in [0.2, 0.25) is 0 Å². The van der Waals surface area contributed by atoms with Gasteiger partial charge in [-0.15, -0.1) is 0 Å². The molecule has 0 radical (unpaired) electrons. The lowest BCUT2D eigenvalue weighted by molar-refractivity contribution is -0.126. The maximum Gasteiger partial charge on any atom is 0.240 e. The first-order valence-corrected chi connectivity index (χ1v) is 8.25. The number of nitrogens with zero attached hydrogens (tertiary/aromatic N) is 4. The van der Waals surface area contributed by atoms with Crippen LogP contribution in [0.15, 0.2) is 58.7 Å². The maximum atomic E-state index is 11.7. The fourth-order valence-corrected chi connectivity index (χ4v) is 1.98. The van der Waals surface area contributed by atoms with Crippen molar-refractivity contribution in [2.75, 3.05) is 0 Å². The van der Waals surface area contributed by atoms with Crippen molar-refractivity contribution in [3.63, 3.8) is 0 Å². The molecule has 2 aromatic carbocycles. The van der Waals surface area contributed by atoms with Crippen LogP contribution < -0.4 is 10.9 Å². The number of amides is 2. The number of carbonyl (C=O) groups is 2. The molecule has 8 nitrogen and oxygen atoms in total. The van der Waals surface area contributed by atoms with Crippen molar-refractivity contribution in [3.8, 4) is 12.1 Å². The third kappa shape index (κ3) is 6.90. The summed E-state index contributed by atoms with van der Waals surface area (Å²) in [6.45, 7) is 0. The number of hydrogen-bond acceptors (Lipinski definition) is 6. The molecule has 0 aliphatic rings. The Kier molecular flexibility index (Phi) is 7.60. The van der Waals surface area contributed by atoms with Crippen LogP contribution in [0, 0.1) is 22.7 Å². The largest absolute Gasteiger partial charge is 0.273 e. The highest BCUT2D eigenvalue weighted by Gasteiger charge is 2.05. The highest BCUT2D eigenvalue weighted by atomic mass is 16.2. The van der Waals surface area contributed by atoms with E-state index in [0.29, 0.717) is 11.1 Å². The Labute approximate surface area is 161 Å². The molecule has 0 fully saturated rings. The van der Waals surface area contributed by atoms with E-state index >= 15 is 0 Å². The summed E-state index contributed by atoms with van der Waals surface area (Å²) < 4.78 is 0. The Balaban J connectivity index is 1.69. The van der Waals surface area contributed by atoms with E-state index < -0.39 is 11.8 Å². The second-order valence-corrected chi connectivity index (χ2v) is 5.55. The van der Waals surface area contributed by atoms with Gasteiger partial charge in [0.1, 0.15) is 0 Å². The zero-order valence-corrected chi connectivity index (χ0v) is 14.8. The predicted octanol–water partition coefficient (Wildman–Crippen LogP) is 1.81. The molecule has 0 atom stereocenters. The van der Waals surface area contributed by atoms with Gasteiger partial charge < -0.3 is 0 Å². The molecule has 0 heterocycles. The molecule has 2 rings (SSSR count). The molecule has 0 saturated carbocycles. The summed E-state index contributed by atoms with van der Waals surface area (Å²) in [6.07, 6.45) is 2.81. The molecule has 2 aromatic rings. The number of carbonyl (C=O) groups excluding carboxylic acids is 2. The van der Waals surface area contributed by atoms with Crippen molar-refractivity contribution in [3.05, 3.63) is 70.8 Å². The lowest BCUT2D eigenvalue weighted by atomic mass is 10.2. The molecule has 8 heteroatoms. The van der Waals surface area contributed by atoms with Gasteiger partial charge >= 0.3 is 0 Å². The number of rotatable bonds is 7. The molecule has 0 bridgehead atoms. The van der Waals surface area contributed by atoms with Crippen LogP contribution in [0.5, 0.6) is 0 Å². The van der Waals surface area contributed by atoms with E-state index in [1.807, 2.05) is 12.1 Å². The Morgan fingerprint density at radius 1 is 0.750 bits per heavy atom. The summed E-state index contributed by atoms with van der Waals surface area (Å²) in [5, 5.41) is 25.0. The fourth-order valence-electron chi connectivity index (χ4n) is 1.98. The van der Waals surface area contributed by atoms with Crippen molar-refractivity contribution in [2.24, 2.45) is 10.2 Å². The van der Waals surface area contributed by atoms with E-state index in [4.69, 9.17) is 10.5 Å². The van der Waals surface area contributed by atoms with Crippen molar-refractivity contribution in [1.82, 2.24) is 10.9 Å². The summed E-state index contributed by atoms with van der Waals surface area (Å²) in [6, 6.07) is 17.4. The highest BCUT2D eigenvalue weighted by molar-refractivity contribution is 5.86. The van der Waals surface area contributed by atoms with Crippen LogP contribution in [0.3, 0.4) is 0 Å². The van der Waals surface area contributed by atoms with E-state index in [9.17, 15) is 9.59 Å². The quantitative estimate of drug-likeness (QED) is 0.567. The normalized spacial score (nSPS) is 10.4. The first-order chi connectivity index (χ1) is 13.6. The summed E-state index contributed by atoms with van der Waals surface area (Å²) in [4.78, 5) is 23.4. The van der Waals surface area contributed by atoms with Crippen molar-refractivity contribution in [1.29, 1.82) is 10.5 Å². The standard InChI is InChI=1S/C20H16N6O2/c21-11-15-1-5-17(6-2-15)13-23-25-19(27)9-10-20(28)26-24-14-18-7-3-16(12-22)4-8-18/h1-8,13-14H,9-10H2,(H,25,27)(H,26,28)/b23-13-,24-14-. The molecular weight excluding hydrogens is 356 g/mol. The van der Waals surface area contributed by atoms with E-state index in [0.717, 1.165) is 11.1 Å². The Morgan fingerprint density at radius 3 is 1.43 bits per heavy atom. The smallest absolute Gasteiger partial charge is 0.240 e. The monoisotopic (exact) mass is 372 g/mol. The van der Waals surface area contributed by atoms with Gasteiger partial charge in [-0.05, 0) is 35.4 Å². The van der Waals surface area contributed by atoms with Crippen molar-refractivity contribution in [2.45, 2.75) is 12.8 Å². The van der Waals surface area contributed by atoms with Crippen LogP contribution in [-0.2, 0) is 9.59 Å². The first-order valence-electron chi connectivity index (χ1n) is 8.25. The molecule has 138 valence electrons. The molecule has 0 aliphatic heterocycles. The number of nitrogens with one attached hydrogen (secondary N) is 2. The zero-order chi connectivity index (χ0) is 20.2. The van der Waals surface area contributed by atoms with E-state index in [1.54, 1.807) is 48.5 Å². The van der Waals surface area contributed by atoms with Gasteiger partial charge in [-0.25, -0.2) is 10.9 Å². The molecule has 2 N–H and O–H groups in total. The van der Waals surface area contributed by atoms with Gasteiger partial charge in [-0.3, -0.25) is 9.59 Å². The fraction of sp³-hybridized carbons (Fsp3) is 0.100. The van der Waals surface area contributed by atoms with Crippen molar-refractivity contribution < 1.29 is 9.59 Å². The van der Waals surface area contributed by atoms with Gasteiger partial charge in [0.2, 0.25) is 11.8 Å². The van der Waals surface area contributed by atoms with Gasteiger partial charge in [0.05, 0.1) is 35.7 Å². The molecule has 0 saturated heterocycles. The lowest BCUT2D eigenvalue weighted by Crippen LogP contribution is -2.22. The van der Waals surface area contributed by atoms with Gasteiger partial charge in [0, 0.05) is 12.8 Å². The Morgan fingerprint density at radius 2 is 1.11 bits per heavy atom. The summed E-state index contributed by atoms with van der Waals surface area (Å²) in [7, 11) is 0. The second kappa shape index (κ2) is 10.6. The molecule has 0 aromatic heterocycles. The van der Waals surface area contributed by atoms with Crippen LogP contribution in [-0.4, -0.2) is 24.2 Å². The molecule has 28 heavy (non-hydrogen) atoms. The van der Waals surface area contributed by atoms with Crippen LogP contribution in [0.1, 0.15) is 35.1 Å². The minimum Gasteiger partial charge on any atom is -0.273 e. The van der Waals surface area contributed by atoms with E-state index in [2.05, 4.69) is 21.1 Å². The van der Waals surface area contributed by atoms with Gasteiger partial charge in [0.15, 0.2) is 0 Å². The minimum absolute atomic E-state index is 0.0388. The predicted molar refractivity (Wildman–Crippen MR) is 103 cm³/mol. The third-order valence-corrected chi connectivity index (χ3v) is 3.46. The number of nitriles is 2. The van der Waals surface area contributed by atoms with Crippen LogP contribution in [0.4, 0.5) is 0 Å². The molecule has 0 unspecified atom stereocenters. The lowest BCUT2D eigenvalue weighted by Gasteiger charge is -2.00. The number of hydrazone groups is 2. The molecule has 2 amide bonds. The van der Waals surface area contributed by atoms with E-state index in [-0.39, 0.29) is 12.8 Å². The Hall–Kier alpha value is -4.30. The van der Waals surface area contributed by atoms with Gasteiger partial charge in [0.25, 0.3) is 0 Å². The maximum absolute atomic E-state index is 11.7. The number of hydrogen-bond donors (Lipinski definition) is 2. The third-order valence-electron chi connectivity index (χ3n) is 3.46. The molecule has 0 aliphatic carbocycles. The molecule has 0 spiro atoms. The van der Waals surface area contributed by atoms with Crippen molar-refractivity contribution >= 4 is 24.2 Å². The second-order valence-electron chi connectivity index (χ2n) is 5.55. The van der Waals surface area contributed by atoms with Gasteiger partial charge in [-0.2, -0.15) is 20.7 Å². The SMILES string of the molecule is N#Cc1ccc(/C=N\NC(=O)CCC(=O)N/N=C\c2ccc(C#N)cc2)cc1. The highest BCUT2D eigenvalue weighted by Crippen LogP contribution is 2.01. The van der Waals surface area contributed by atoms with Gasteiger partial charge in [-0.1, -0.05) is 24.3 Å². The van der Waals surface area contributed by atoms with Crippen LogP contribution >= 0.6 is 0 Å². The average Bonchev–Trinajstić information content (AvgIpc) is 2.73.